The normalized spacial score (nSPS) is 14.9. The maximum Gasteiger partial charge on any atom is 0.222 e. The number of hydrogen-bond acceptors (Lipinski definition) is 3. The molecule has 1 aliphatic rings. The second-order valence-corrected chi connectivity index (χ2v) is 7.11. The molecule has 1 aliphatic heterocycles. The Labute approximate surface area is 161 Å². The zero-order valence-corrected chi connectivity index (χ0v) is 16.3. The van der Waals surface area contributed by atoms with Crippen molar-refractivity contribution in [3.05, 3.63) is 29.8 Å². The molecule has 0 atom stereocenters. The molecule has 6 heteroatoms. The Hall–Kier alpha value is -1.75. The molecule has 2 amide bonds. The van der Waals surface area contributed by atoms with Crippen molar-refractivity contribution in [3.8, 4) is 5.75 Å². The minimum atomic E-state index is 0.0605. The largest absolute Gasteiger partial charge is 0.493 e. The number of nitrogens with zero attached hydrogens (tertiary/aromatic N) is 1. The van der Waals surface area contributed by atoms with E-state index in [1.165, 1.54) is 0 Å². The highest BCUT2D eigenvalue weighted by atomic mass is 35.5. The molecule has 2 rings (SSSR count). The second kappa shape index (κ2) is 11.1. The second-order valence-electron chi connectivity index (χ2n) is 6.73. The van der Waals surface area contributed by atoms with Gasteiger partial charge in [-0.2, -0.15) is 0 Å². The van der Waals surface area contributed by atoms with Crippen molar-refractivity contribution in [2.24, 2.45) is 0 Å². The van der Waals surface area contributed by atoms with Crippen LogP contribution in [0, 0.1) is 6.92 Å². The zero-order valence-electron chi connectivity index (χ0n) is 15.5. The molecule has 0 aliphatic carbocycles. The monoisotopic (exact) mass is 380 g/mol. The van der Waals surface area contributed by atoms with Gasteiger partial charge in [-0.15, -0.1) is 11.6 Å². The highest BCUT2D eigenvalue weighted by Crippen LogP contribution is 2.16. The summed E-state index contributed by atoms with van der Waals surface area (Å²) in [7, 11) is 0. The van der Waals surface area contributed by atoms with Gasteiger partial charge in [0.15, 0.2) is 0 Å². The number of rotatable bonds is 9. The fraction of sp³-hybridized carbons (Fsp3) is 0.600. The van der Waals surface area contributed by atoms with Gasteiger partial charge < -0.3 is 15.0 Å². The number of likely N-dealkylation sites (tertiary alicyclic amines) is 1. The first-order chi connectivity index (χ1) is 12.6. The molecular formula is C20H29ClN2O3. The number of aryl methyl sites for hydroxylation is 1. The number of piperidine rings is 1. The Kier molecular flexibility index (Phi) is 8.75. The van der Waals surface area contributed by atoms with E-state index in [1.54, 1.807) is 0 Å². The van der Waals surface area contributed by atoms with E-state index in [0.717, 1.165) is 30.6 Å². The van der Waals surface area contributed by atoms with Crippen LogP contribution in [0.25, 0.3) is 0 Å². The summed E-state index contributed by atoms with van der Waals surface area (Å²) in [6, 6.07) is 8.04. The van der Waals surface area contributed by atoms with Gasteiger partial charge in [0.2, 0.25) is 11.8 Å². The summed E-state index contributed by atoms with van der Waals surface area (Å²) < 4.78 is 5.72. The highest BCUT2D eigenvalue weighted by molar-refractivity contribution is 6.17. The molecular weight excluding hydrogens is 352 g/mol. The molecule has 1 heterocycles. The SMILES string of the molecule is Cc1ccccc1OCCCC(=O)NC1CCN(C(=O)CCCCl)CC1. The molecule has 26 heavy (non-hydrogen) atoms. The van der Waals surface area contributed by atoms with Crippen LogP contribution in [-0.4, -0.2) is 48.3 Å². The molecule has 144 valence electrons. The molecule has 0 radical (unpaired) electrons. The summed E-state index contributed by atoms with van der Waals surface area (Å²) >= 11 is 5.63. The molecule has 1 N–H and O–H groups in total. The first kappa shape index (κ1) is 20.6. The molecule has 1 saturated heterocycles. The van der Waals surface area contributed by atoms with Gasteiger partial charge in [-0.1, -0.05) is 18.2 Å². The van der Waals surface area contributed by atoms with Crippen LogP contribution in [0.1, 0.15) is 44.1 Å². The van der Waals surface area contributed by atoms with E-state index in [1.807, 2.05) is 36.1 Å². The Balaban J connectivity index is 1.59. The lowest BCUT2D eigenvalue weighted by Crippen LogP contribution is -2.46. The Morgan fingerprint density at radius 3 is 2.62 bits per heavy atom. The van der Waals surface area contributed by atoms with Crippen molar-refractivity contribution < 1.29 is 14.3 Å². The molecule has 0 bridgehead atoms. The summed E-state index contributed by atoms with van der Waals surface area (Å²) in [6.07, 6.45) is 4.02. The number of ether oxygens (including phenoxy) is 1. The minimum Gasteiger partial charge on any atom is -0.493 e. The van der Waals surface area contributed by atoms with Crippen LogP contribution in [0.2, 0.25) is 0 Å². The van der Waals surface area contributed by atoms with Crippen LogP contribution in [0.3, 0.4) is 0 Å². The smallest absolute Gasteiger partial charge is 0.222 e. The molecule has 1 fully saturated rings. The van der Waals surface area contributed by atoms with E-state index < -0.39 is 0 Å². The average Bonchev–Trinajstić information content (AvgIpc) is 2.65. The summed E-state index contributed by atoms with van der Waals surface area (Å²) in [6.45, 7) is 3.96. The van der Waals surface area contributed by atoms with Crippen LogP contribution < -0.4 is 10.1 Å². The van der Waals surface area contributed by atoms with E-state index in [0.29, 0.717) is 44.8 Å². The average molecular weight is 381 g/mol. The lowest BCUT2D eigenvalue weighted by Gasteiger charge is -2.32. The number of amides is 2. The predicted molar refractivity (Wildman–Crippen MR) is 104 cm³/mol. The number of halogens is 1. The first-order valence-corrected chi connectivity index (χ1v) is 9.95. The van der Waals surface area contributed by atoms with Gasteiger partial charge in [0.1, 0.15) is 5.75 Å². The van der Waals surface area contributed by atoms with Gasteiger partial charge >= 0.3 is 0 Å². The van der Waals surface area contributed by atoms with E-state index in [4.69, 9.17) is 16.3 Å². The van der Waals surface area contributed by atoms with E-state index >= 15 is 0 Å². The van der Waals surface area contributed by atoms with Crippen molar-refractivity contribution in [2.75, 3.05) is 25.6 Å². The van der Waals surface area contributed by atoms with E-state index in [2.05, 4.69) is 5.32 Å². The zero-order chi connectivity index (χ0) is 18.8. The summed E-state index contributed by atoms with van der Waals surface area (Å²) in [4.78, 5) is 25.9. The Morgan fingerprint density at radius 2 is 1.92 bits per heavy atom. The Bertz CT molecular complexity index is 586. The van der Waals surface area contributed by atoms with Gasteiger partial charge in [-0.3, -0.25) is 9.59 Å². The maximum absolute atomic E-state index is 12.1. The summed E-state index contributed by atoms with van der Waals surface area (Å²) in [5.74, 6) is 1.62. The van der Waals surface area contributed by atoms with Gasteiger partial charge in [0, 0.05) is 37.9 Å². The fourth-order valence-corrected chi connectivity index (χ4v) is 3.22. The number of para-hydroxylation sites is 1. The van der Waals surface area contributed by atoms with Crippen molar-refractivity contribution >= 4 is 23.4 Å². The van der Waals surface area contributed by atoms with Crippen molar-refractivity contribution in [2.45, 2.75) is 51.5 Å². The number of carbonyl (C=O) groups excluding carboxylic acids is 2. The number of carbonyl (C=O) groups is 2. The molecule has 1 aromatic rings. The standard InChI is InChI=1S/C20H29ClN2O3/c1-16-6-2-3-7-18(16)26-15-5-8-19(24)22-17-10-13-23(14-11-17)20(25)9-4-12-21/h2-3,6-7,17H,4-5,8-15H2,1H3,(H,22,24). The van der Waals surface area contributed by atoms with Crippen LogP contribution >= 0.6 is 11.6 Å². The van der Waals surface area contributed by atoms with Crippen LogP contribution in [-0.2, 0) is 9.59 Å². The first-order valence-electron chi connectivity index (χ1n) is 9.41. The molecule has 1 aromatic carbocycles. The van der Waals surface area contributed by atoms with Crippen molar-refractivity contribution in [1.82, 2.24) is 10.2 Å². The van der Waals surface area contributed by atoms with Crippen LogP contribution in [0.4, 0.5) is 0 Å². The molecule has 0 saturated carbocycles. The lowest BCUT2D eigenvalue weighted by molar-refractivity contribution is -0.132. The fourth-order valence-electron chi connectivity index (χ4n) is 3.08. The number of nitrogens with one attached hydrogen (secondary N) is 1. The predicted octanol–water partition coefficient (Wildman–Crippen LogP) is 3.28. The summed E-state index contributed by atoms with van der Waals surface area (Å²) in [5, 5.41) is 3.08. The van der Waals surface area contributed by atoms with Gasteiger partial charge in [0.25, 0.3) is 0 Å². The van der Waals surface area contributed by atoms with Crippen molar-refractivity contribution in [1.29, 1.82) is 0 Å². The molecule has 0 unspecified atom stereocenters. The van der Waals surface area contributed by atoms with Crippen LogP contribution in [0.5, 0.6) is 5.75 Å². The van der Waals surface area contributed by atoms with Gasteiger partial charge in [0.05, 0.1) is 6.61 Å². The third kappa shape index (κ3) is 6.87. The van der Waals surface area contributed by atoms with Crippen molar-refractivity contribution in [3.63, 3.8) is 0 Å². The topological polar surface area (TPSA) is 58.6 Å². The van der Waals surface area contributed by atoms with Crippen LogP contribution in [0.15, 0.2) is 24.3 Å². The van der Waals surface area contributed by atoms with E-state index in [9.17, 15) is 9.59 Å². The molecule has 5 nitrogen and oxygen atoms in total. The number of benzene rings is 1. The maximum atomic E-state index is 12.1. The number of alkyl halides is 1. The van der Waals surface area contributed by atoms with Gasteiger partial charge in [-0.25, -0.2) is 0 Å². The van der Waals surface area contributed by atoms with E-state index in [-0.39, 0.29) is 17.9 Å². The number of hydrogen-bond donors (Lipinski definition) is 1. The Morgan fingerprint density at radius 1 is 1.19 bits per heavy atom. The molecule has 0 aromatic heterocycles. The van der Waals surface area contributed by atoms with Gasteiger partial charge in [-0.05, 0) is 44.2 Å². The quantitative estimate of drug-likeness (QED) is 0.528. The summed E-state index contributed by atoms with van der Waals surface area (Å²) in [5.41, 5.74) is 1.10. The third-order valence-corrected chi connectivity index (χ3v) is 4.90. The third-order valence-electron chi connectivity index (χ3n) is 4.64. The highest BCUT2D eigenvalue weighted by Gasteiger charge is 2.23. The molecule has 0 spiro atoms. The lowest BCUT2D eigenvalue weighted by atomic mass is 10.0. The minimum absolute atomic E-state index is 0.0605.